The lowest BCUT2D eigenvalue weighted by Crippen LogP contribution is -2.62. The molecule has 7 unspecified atom stereocenters. The molecule has 0 aliphatic carbocycles. The van der Waals surface area contributed by atoms with Gasteiger partial charge < -0.3 is 51.5 Å². The van der Waals surface area contributed by atoms with E-state index >= 15 is 0 Å². The van der Waals surface area contributed by atoms with Crippen molar-refractivity contribution < 1.29 is 44.0 Å². The van der Waals surface area contributed by atoms with E-state index in [0.717, 1.165) is 28.6 Å². The van der Waals surface area contributed by atoms with E-state index in [-0.39, 0.29) is 43.7 Å². The summed E-state index contributed by atoms with van der Waals surface area (Å²) >= 11 is 1.39. The summed E-state index contributed by atoms with van der Waals surface area (Å²) in [6.07, 6.45) is 1.82. The molecule has 20 heteroatoms. The van der Waals surface area contributed by atoms with Crippen LogP contribution in [-0.2, 0) is 43.3 Å². The lowest BCUT2D eigenvalue weighted by molar-refractivity contribution is -0.139. The Morgan fingerprint density at radius 3 is 2.42 bits per heavy atom. The maximum absolute atomic E-state index is 14.0. The van der Waals surface area contributed by atoms with Gasteiger partial charge >= 0.3 is 17.7 Å². The molecule has 0 saturated carbocycles. The van der Waals surface area contributed by atoms with E-state index in [1.165, 1.54) is 23.7 Å². The van der Waals surface area contributed by atoms with Crippen LogP contribution in [0, 0.1) is 0 Å². The van der Waals surface area contributed by atoms with Gasteiger partial charge in [0, 0.05) is 50.5 Å². The molecular weight excluding hydrogens is 789 g/mol. The number of fused-ring (bicyclic) bond motifs is 1. The molecule has 2 aliphatic heterocycles. The van der Waals surface area contributed by atoms with Crippen molar-refractivity contribution >= 4 is 41.5 Å². The van der Waals surface area contributed by atoms with Crippen molar-refractivity contribution in [3.05, 3.63) is 110 Å². The number of phenols is 1. The number of urea groups is 1. The summed E-state index contributed by atoms with van der Waals surface area (Å²) in [5, 5.41) is 44.1. The molecule has 0 bridgehead atoms. The number of likely N-dealkylation sites (N-methyl/N-ethyl adjacent to an activating group) is 1. The number of hydrogen-bond acceptors (Lipinski definition) is 12. The third kappa shape index (κ3) is 11.3. The number of rotatable bonds is 16. The summed E-state index contributed by atoms with van der Waals surface area (Å²) < 4.78 is 6.71. The van der Waals surface area contributed by atoms with Crippen molar-refractivity contribution in [1.29, 1.82) is 0 Å². The minimum absolute atomic E-state index is 0.0212. The molecule has 1 fully saturated rings. The van der Waals surface area contributed by atoms with Gasteiger partial charge in [-0.1, -0.05) is 42.5 Å². The number of phenolic OH excluding ortho intramolecular Hbond substituents is 1. The van der Waals surface area contributed by atoms with Gasteiger partial charge in [0.15, 0.2) is 0 Å². The molecule has 19 nitrogen and oxygen atoms in total. The summed E-state index contributed by atoms with van der Waals surface area (Å²) in [4.78, 5) is 94.5. The topological polar surface area (TPSA) is 274 Å². The first-order chi connectivity index (χ1) is 28.2. The number of aromatic amines is 1. The Balaban J connectivity index is 1.35. The molecule has 0 radical (unpaired) electrons. The molecule has 2 aromatic carbocycles. The molecule has 316 valence electrons. The number of carbonyl (C=O) groups is 5. The molecule has 9 N–H and O–H groups in total. The Labute approximate surface area is 342 Å². The second kappa shape index (κ2) is 20.0. The number of nitrogens with one attached hydrogen (secondary N) is 6. The summed E-state index contributed by atoms with van der Waals surface area (Å²) in [6.45, 7) is 1.76. The molecule has 1 saturated heterocycles. The minimum Gasteiger partial charge on any atom is -0.508 e. The van der Waals surface area contributed by atoms with Gasteiger partial charge in [-0.3, -0.25) is 28.7 Å². The van der Waals surface area contributed by atoms with Crippen LogP contribution in [0.25, 0.3) is 0 Å². The van der Waals surface area contributed by atoms with Gasteiger partial charge in [-0.15, -0.1) is 0 Å². The lowest BCUT2D eigenvalue weighted by Gasteiger charge is -2.36. The highest BCUT2D eigenvalue weighted by Crippen LogP contribution is 2.30. The van der Waals surface area contributed by atoms with Crippen LogP contribution in [0.15, 0.2) is 82.3 Å². The Bertz CT molecular complexity index is 2160. The number of carboxylic acid groups (broad SMARTS) is 1. The molecule has 3 aromatic rings. The van der Waals surface area contributed by atoms with Crippen molar-refractivity contribution in [2.45, 2.75) is 81.7 Å². The summed E-state index contributed by atoms with van der Waals surface area (Å²) in [5.74, 6) is -2.76. The number of nitrogens with zero attached hydrogens (tertiary/aromatic N) is 2. The number of aliphatic carboxylic acids is 1. The SMILES string of the molecule is CSCCC(NC(=O)NC(Cc1ccccc1)C(=O)O)C(=O)NC(C(=O)NC=C1CC(O)C(n2ccc(=O)[nH]c2=O)O1)C(C)N(C)C(=O)C1Cc2cccc(O)c2CN1. The molecular formula is C39H48N8O11S. The van der Waals surface area contributed by atoms with Crippen molar-refractivity contribution in [3.8, 4) is 5.75 Å². The maximum Gasteiger partial charge on any atom is 0.331 e. The number of hydrogen-bond donors (Lipinski definition) is 9. The van der Waals surface area contributed by atoms with E-state index in [1.807, 2.05) is 6.07 Å². The predicted molar refractivity (Wildman–Crippen MR) is 215 cm³/mol. The molecule has 59 heavy (non-hydrogen) atoms. The summed E-state index contributed by atoms with van der Waals surface area (Å²) in [7, 11) is 1.47. The molecule has 1 aromatic heterocycles. The summed E-state index contributed by atoms with van der Waals surface area (Å²) in [6, 6.07) is 8.10. The second-order valence-electron chi connectivity index (χ2n) is 14.2. The van der Waals surface area contributed by atoms with Crippen molar-refractivity contribution in [3.63, 3.8) is 0 Å². The van der Waals surface area contributed by atoms with Crippen molar-refractivity contribution in [2.75, 3.05) is 19.1 Å². The van der Waals surface area contributed by atoms with Gasteiger partial charge in [0.1, 0.15) is 35.7 Å². The Morgan fingerprint density at radius 1 is 1.00 bits per heavy atom. The zero-order chi connectivity index (χ0) is 42.8. The number of aliphatic hydroxyl groups excluding tert-OH is 1. The van der Waals surface area contributed by atoms with Crippen molar-refractivity contribution in [2.24, 2.45) is 0 Å². The molecule has 3 heterocycles. The number of carbonyl (C=O) groups excluding carboxylic acids is 4. The Kier molecular flexibility index (Phi) is 14.9. The number of aromatic hydroxyl groups is 1. The van der Waals surface area contributed by atoms with E-state index in [4.69, 9.17) is 4.74 Å². The van der Waals surface area contributed by atoms with E-state index < -0.39 is 83.5 Å². The van der Waals surface area contributed by atoms with Crippen LogP contribution in [0.1, 0.15) is 42.7 Å². The third-order valence-corrected chi connectivity index (χ3v) is 10.8. The first-order valence-electron chi connectivity index (χ1n) is 18.7. The molecule has 2 aliphatic rings. The van der Waals surface area contributed by atoms with E-state index in [9.17, 15) is 48.9 Å². The van der Waals surface area contributed by atoms with Gasteiger partial charge in [0.2, 0.25) is 23.9 Å². The van der Waals surface area contributed by atoms with Crippen LogP contribution >= 0.6 is 11.8 Å². The number of carboxylic acids is 1. The normalized spacial score (nSPS) is 19.9. The fourth-order valence-electron chi connectivity index (χ4n) is 6.74. The number of H-pyrrole nitrogens is 1. The molecule has 5 rings (SSSR count). The highest BCUT2D eigenvalue weighted by molar-refractivity contribution is 7.98. The average Bonchev–Trinajstić information content (AvgIpc) is 3.59. The fraction of sp³-hybridized carbons (Fsp3) is 0.410. The third-order valence-electron chi connectivity index (χ3n) is 10.1. The zero-order valence-electron chi connectivity index (χ0n) is 32.5. The van der Waals surface area contributed by atoms with Gasteiger partial charge in [-0.25, -0.2) is 14.4 Å². The lowest BCUT2D eigenvalue weighted by atomic mass is 9.94. The monoisotopic (exact) mass is 836 g/mol. The molecule has 5 amide bonds. The fourth-order valence-corrected chi connectivity index (χ4v) is 7.21. The summed E-state index contributed by atoms with van der Waals surface area (Å²) in [5.41, 5.74) is 0.636. The number of amides is 5. The Hall–Kier alpha value is -6.12. The highest BCUT2D eigenvalue weighted by Gasteiger charge is 2.38. The van der Waals surface area contributed by atoms with Crippen LogP contribution in [0.2, 0.25) is 0 Å². The smallest absolute Gasteiger partial charge is 0.331 e. The predicted octanol–water partition coefficient (Wildman–Crippen LogP) is -0.357. The first kappa shape index (κ1) is 44.0. The molecule has 0 spiro atoms. The highest BCUT2D eigenvalue weighted by atomic mass is 32.2. The number of thioether (sulfide) groups is 1. The maximum atomic E-state index is 14.0. The largest absolute Gasteiger partial charge is 0.508 e. The van der Waals surface area contributed by atoms with E-state index in [1.54, 1.807) is 55.6 Å². The standard InChI is InChI=1S/C39H48N8O11S/c1-21(46(2)35(53)27-17-23-10-7-11-29(48)25(23)20-40-27)32(34(52)41-19-24-18-30(49)36(58-24)47-14-12-31(50)44-39(47)57)45-33(51)26(13-15-59-3)42-38(56)43-28(37(54)55)16-22-8-5-4-6-9-22/h4-12,14,19,21,26-28,30,32,36,40,48-49H,13,15-18,20H2,1-3H3,(H,41,52)(H,45,51)(H,54,55)(H2,42,43,56)(H,44,50,57). The van der Waals surface area contributed by atoms with Crippen LogP contribution in [0.3, 0.4) is 0 Å². The average molecular weight is 837 g/mol. The van der Waals surface area contributed by atoms with Gasteiger partial charge in [0.05, 0.1) is 12.1 Å². The zero-order valence-corrected chi connectivity index (χ0v) is 33.4. The van der Waals surface area contributed by atoms with Gasteiger partial charge in [-0.2, -0.15) is 11.8 Å². The Morgan fingerprint density at radius 2 is 1.73 bits per heavy atom. The van der Waals surface area contributed by atoms with Gasteiger partial charge in [0.25, 0.3) is 5.56 Å². The van der Waals surface area contributed by atoms with Crippen LogP contribution < -0.4 is 37.8 Å². The number of aromatic nitrogens is 2. The van der Waals surface area contributed by atoms with Crippen LogP contribution in [-0.4, -0.2) is 115 Å². The number of benzene rings is 2. The van der Waals surface area contributed by atoms with Gasteiger partial charge in [-0.05, 0) is 49.0 Å². The second-order valence-corrected chi connectivity index (χ2v) is 15.2. The molecule has 7 atom stereocenters. The first-order valence-corrected chi connectivity index (χ1v) is 20.1. The minimum atomic E-state index is -1.45. The van der Waals surface area contributed by atoms with Crippen LogP contribution in [0.4, 0.5) is 4.79 Å². The van der Waals surface area contributed by atoms with Crippen LogP contribution in [0.5, 0.6) is 5.75 Å². The number of ether oxygens (including phenoxy) is 1. The van der Waals surface area contributed by atoms with Crippen molar-refractivity contribution in [1.82, 2.24) is 41.0 Å². The quantitative estimate of drug-likeness (QED) is 0.0894. The van der Waals surface area contributed by atoms with E-state index in [2.05, 4.69) is 31.6 Å². The van der Waals surface area contributed by atoms with E-state index in [0.29, 0.717) is 16.9 Å². The number of aliphatic hydroxyl groups is 1.